The molecular formula is C17H22N4O3. The van der Waals surface area contributed by atoms with Gasteiger partial charge in [0.1, 0.15) is 0 Å². The van der Waals surface area contributed by atoms with E-state index < -0.39 is 0 Å². The number of aromatic nitrogens is 2. The molecule has 7 heteroatoms. The fraction of sp³-hybridized carbons (Fsp3) is 0.353. The standard InChI is InChI=1S/C17H22N4O3/c1-12-10-13(2)21(20-12)15-6-4-14(5-7-15)17(23)19-11-16(22)18-8-9-24-3/h4-7,10H,8-9,11H2,1-3H3,(H,18,22)(H,19,23). The fourth-order valence-electron chi connectivity index (χ4n) is 2.26. The normalized spacial score (nSPS) is 10.5. The van der Waals surface area contributed by atoms with Crippen molar-refractivity contribution < 1.29 is 14.3 Å². The molecule has 1 aromatic heterocycles. The third kappa shape index (κ3) is 4.66. The van der Waals surface area contributed by atoms with Gasteiger partial charge < -0.3 is 15.4 Å². The molecule has 0 unspecified atom stereocenters. The van der Waals surface area contributed by atoms with E-state index in [1.807, 2.05) is 36.7 Å². The first-order chi connectivity index (χ1) is 11.5. The highest BCUT2D eigenvalue weighted by Crippen LogP contribution is 2.13. The number of carbonyl (C=O) groups excluding carboxylic acids is 2. The fourth-order valence-corrected chi connectivity index (χ4v) is 2.26. The lowest BCUT2D eigenvalue weighted by atomic mass is 10.2. The van der Waals surface area contributed by atoms with Crippen LogP contribution in [-0.4, -0.2) is 48.4 Å². The topological polar surface area (TPSA) is 85.3 Å². The Kier molecular flexibility index (Phi) is 6.08. The summed E-state index contributed by atoms with van der Waals surface area (Å²) in [6.07, 6.45) is 0. The second-order valence-corrected chi connectivity index (χ2v) is 5.41. The molecule has 0 aliphatic rings. The molecule has 2 rings (SSSR count). The van der Waals surface area contributed by atoms with Crippen molar-refractivity contribution in [1.82, 2.24) is 20.4 Å². The van der Waals surface area contributed by atoms with Gasteiger partial charge in [0.2, 0.25) is 5.91 Å². The molecule has 0 fully saturated rings. The lowest BCUT2D eigenvalue weighted by molar-refractivity contribution is -0.120. The van der Waals surface area contributed by atoms with Crippen LogP contribution in [0.15, 0.2) is 30.3 Å². The zero-order chi connectivity index (χ0) is 17.5. The van der Waals surface area contributed by atoms with Crippen molar-refractivity contribution in [3.63, 3.8) is 0 Å². The van der Waals surface area contributed by atoms with E-state index >= 15 is 0 Å². The summed E-state index contributed by atoms with van der Waals surface area (Å²) in [7, 11) is 1.56. The largest absolute Gasteiger partial charge is 0.383 e. The summed E-state index contributed by atoms with van der Waals surface area (Å²) in [6, 6.07) is 9.07. The molecule has 2 amide bonds. The van der Waals surface area contributed by atoms with Gasteiger partial charge in [0, 0.05) is 24.9 Å². The Morgan fingerprint density at radius 2 is 1.88 bits per heavy atom. The number of carbonyl (C=O) groups is 2. The number of aryl methyl sites for hydroxylation is 2. The molecule has 0 saturated heterocycles. The highest BCUT2D eigenvalue weighted by atomic mass is 16.5. The Morgan fingerprint density at radius 3 is 2.46 bits per heavy atom. The molecule has 0 atom stereocenters. The molecule has 0 radical (unpaired) electrons. The summed E-state index contributed by atoms with van der Waals surface area (Å²) in [4.78, 5) is 23.6. The van der Waals surface area contributed by atoms with Gasteiger partial charge in [-0.25, -0.2) is 4.68 Å². The number of amides is 2. The van der Waals surface area contributed by atoms with E-state index in [2.05, 4.69) is 15.7 Å². The van der Waals surface area contributed by atoms with Crippen molar-refractivity contribution in [1.29, 1.82) is 0 Å². The van der Waals surface area contributed by atoms with Crippen LogP contribution < -0.4 is 10.6 Å². The molecule has 1 aromatic carbocycles. The van der Waals surface area contributed by atoms with E-state index in [1.54, 1.807) is 19.2 Å². The molecular weight excluding hydrogens is 308 g/mol. The van der Waals surface area contributed by atoms with Gasteiger partial charge in [-0.15, -0.1) is 0 Å². The maximum absolute atomic E-state index is 12.1. The SMILES string of the molecule is COCCNC(=O)CNC(=O)c1ccc(-n2nc(C)cc2C)cc1. The lowest BCUT2D eigenvalue weighted by Crippen LogP contribution is -2.38. The molecule has 2 aromatic rings. The zero-order valence-electron chi connectivity index (χ0n) is 14.1. The van der Waals surface area contributed by atoms with E-state index in [4.69, 9.17) is 4.74 Å². The first-order valence-corrected chi connectivity index (χ1v) is 7.69. The summed E-state index contributed by atoms with van der Waals surface area (Å²) < 4.78 is 6.66. The predicted octanol–water partition coefficient (Wildman–Crippen LogP) is 0.982. The summed E-state index contributed by atoms with van der Waals surface area (Å²) >= 11 is 0. The van der Waals surface area contributed by atoms with Crippen LogP contribution in [0.4, 0.5) is 0 Å². The van der Waals surface area contributed by atoms with Crippen LogP contribution in [0.2, 0.25) is 0 Å². The van der Waals surface area contributed by atoms with E-state index in [0.717, 1.165) is 17.1 Å². The molecule has 0 spiro atoms. The maximum Gasteiger partial charge on any atom is 0.251 e. The minimum absolute atomic E-state index is 0.0677. The Bertz CT molecular complexity index is 707. The Hall–Kier alpha value is -2.67. The smallest absolute Gasteiger partial charge is 0.251 e. The first kappa shape index (κ1) is 17.7. The van der Waals surface area contributed by atoms with Crippen LogP contribution in [0, 0.1) is 13.8 Å². The lowest BCUT2D eigenvalue weighted by Gasteiger charge is -2.08. The number of ether oxygens (including phenoxy) is 1. The molecule has 0 bridgehead atoms. The van der Waals surface area contributed by atoms with Crippen molar-refractivity contribution in [2.45, 2.75) is 13.8 Å². The third-order valence-electron chi connectivity index (χ3n) is 3.42. The van der Waals surface area contributed by atoms with Crippen molar-refractivity contribution in [3.05, 3.63) is 47.3 Å². The summed E-state index contributed by atoms with van der Waals surface area (Å²) in [5.74, 6) is -0.545. The molecule has 0 saturated carbocycles. The zero-order valence-corrected chi connectivity index (χ0v) is 14.1. The average molecular weight is 330 g/mol. The minimum atomic E-state index is -0.295. The van der Waals surface area contributed by atoms with Crippen LogP contribution in [0.5, 0.6) is 0 Å². The number of methoxy groups -OCH3 is 1. The number of hydrogen-bond donors (Lipinski definition) is 2. The van der Waals surface area contributed by atoms with Crippen molar-refractivity contribution >= 4 is 11.8 Å². The quantitative estimate of drug-likeness (QED) is 0.741. The number of rotatable bonds is 7. The van der Waals surface area contributed by atoms with E-state index in [1.165, 1.54) is 0 Å². The number of nitrogens with zero attached hydrogens (tertiary/aromatic N) is 2. The average Bonchev–Trinajstić information content (AvgIpc) is 2.91. The van der Waals surface area contributed by atoms with Gasteiger partial charge in [-0.2, -0.15) is 5.10 Å². The van der Waals surface area contributed by atoms with E-state index in [-0.39, 0.29) is 18.4 Å². The highest BCUT2D eigenvalue weighted by molar-refractivity contribution is 5.96. The molecule has 128 valence electrons. The van der Waals surface area contributed by atoms with Gasteiger partial charge in [0.05, 0.1) is 24.5 Å². The number of nitrogens with one attached hydrogen (secondary N) is 2. The number of hydrogen-bond acceptors (Lipinski definition) is 4. The van der Waals surface area contributed by atoms with E-state index in [0.29, 0.717) is 18.7 Å². The third-order valence-corrected chi connectivity index (χ3v) is 3.42. The Labute approximate surface area is 141 Å². The van der Waals surface area contributed by atoms with Gasteiger partial charge in [-0.3, -0.25) is 9.59 Å². The highest BCUT2D eigenvalue weighted by Gasteiger charge is 2.09. The monoisotopic (exact) mass is 330 g/mol. The second-order valence-electron chi connectivity index (χ2n) is 5.41. The van der Waals surface area contributed by atoms with Crippen LogP contribution in [0.1, 0.15) is 21.7 Å². The molecule has 0 aliphatic carbocycles. The van der Waals surface area contributed by atoms with Crippen LogP contribution in [0.25, 0.3) is 5.69 Å². The van der Waals surface area contributed by atoms with Gasteiger partial charge >= 0.3 is 0 Å². The first-order valence-electron chi connectivity index (χ1n) is 7.69. The Morgan fingerprint density at radius 1 is 1.17 bits per heavy atom. The predicted molar refractivity (Wildman–Crippen MR) is 90.3 cm³/mol. The summed E-state index contributed by atoms with van der Waals surface area (Å²) in [5.41, 5.74) is 3.34. The van der Waals surface area contributed by atoms with Gasteiger partial charge in [-0.05, 0) is 44.2 Å². The molecule has 24 heavy (non-hydrogen) atoms. The van der Waals surface area contributed by atoms with Crippen molar-refractivity contribution in [2.75, 3.05) is 26.8 Å². The minimum Gasteiger partial charge on any atom is -0.383 e. The molecule has 1 heterocycles. The summed E-state index contributed by atoms with van der Waals surface area (Å²) in [5, 5.41) is 9.63. The van der Waals surface area contributed by atoms with Crippen molar-refractivity contribution in [3.8, 4) is 5.69 Å². The van der Waals surface area contributed by atoms with Gasteiger partial charge in [0.25, 0.3) is 5.91 Å². The Balaban J connectivity index is 1.92. The molecule has 0 aliphatic heterocycles. The van der Waals surface area contributed by atoms with E-state index in [9.17, 15) is 9.59 Å². The van der Waals surface area contributed by atoms with Gasteiger partial charge in [-0.1, -0.05) is 0 Å². The maximum atomic E-state index is 12.1. The number of benzene rings is 1. The van der Waals surface area contributed by atoms with Crippen LogP contribution >= 0.6 is 0 Å². The summed E-state index contributed by atoms with van der Waals surface area (Å²) in [6.45, 7) is 4.70. The molecule has 7 nitrogen and oxygen atoms in total. The molecule has 2 N–H and O–H groups in total. The van der Waals surface area contributed by atoms with Crippen LogP contribution in [0.3, 0.4) is 0 Å². The van der Waals surface area contributed by atoms with Crippen LogP contribution in [-0.2, 0) is 9.53 Å². The van der Waals surface area contributed by atoms with Gasteiger partial charge in [0.15, 0.2) is 0 Å². The second kappa shape index (κ2) is 8.26. The van der Waals surface area contributed by atoms with Crippen molar-refractivity contribution in [2.24, 2.45) is 0 Å².